The van der Waals surface area contributed by atoms with E-state index in [2.05, 4.69) is 0 Å². The highest BCUT2D eigenvalue weighted by molar-refractivity contribution is 5.71. The number of hydrogen-bond donors (Lipinski definition) is 2. The summed E-state index contributed by atoms with van der Waals surface area (Å²) in [6.45, 7) is 5.44. The third kappa shape index (κ3) is 4.32. The fourth-order valence-electron chi connectivity index (χ4n) is 1.88. The Morgan fingerprint density at radius 2 is 1.60 bits per heavy atom. The lowest BCUT2D eigenvalue weighted by molar-refractivity contribution is -0.147. The largest absolute Gasteiger partial charge is 0.481 e. The third-order valence-electron chi connectivity index (χ3n) is 2.94. The lowest BCUT2D eigenvalue weighted by Gasteiger charge is -2.21. The molecule has 0 spiro atoms. The van der Waals surface area contributed by atoms with E-state index in [1.54, 1.807) is 0 Å². The van der Waals surface area contributed by atoms with Crippen molar-refractivity contribution >= 4 is 11.9 Å². The first-order chi connectivity index (χ1) is 6.93. The molecule has 0 aliphatic heterocycles. The van der Waals surface area contributed by atoms with Gasteiger partial charge >= 0.3 is 11.9 Å². The standard InChI is InChI=1S/C11H20O4/c1-4-8(10(12)13)6-7(3)9(5-2)11(14)15/h7-9H,4-6H2,1-3H3,(H,12,13)(H,14,15). The van der Waals surface area contributed by atoms with E-state index in [1.807, 2.05) is 20.8 Å². The lowest BCUT2D eigenvalue weighted by Crippen LogP contribution is -2.25. The van der Waals surface area contributed by atoms with Crippen molar-refractivity contribution in [3.8, 4) is 0 Å². The molecular weight excluding hydrogens is 196 g/mol. The van der Waals surface area contributed by atoms with E-state index < -0.39 is 23.8 Å². The second-order valence-corrected chi connectivity index (χ2v) is 4.01. The summed E-state index contributed by atoms with van der Waals surface area (Å²) in [6.07, 6.45) is 1.54. The van der Waals surface area contributed by atoms with Gasteiger partial charge < -0.3 is 10.2 Å². The molecule has 0 aliphatic rings. The minimum absolute atomic E-state index is 0.0893. The van der Waals surface area contributed by atoms with Crippen LogP contribution in [0.1, 0.15) is 40.0 Å². The zero-order chi connectivity index (χ0) is 12.0. The Morgan fingerprint density at radius 3 is 1.87 bits per heavy atom. The van der Waals surface area contributed by atoms with Crippen molar-refractivity contribution < 1.29 is 19.8 Å². The van der Waals surface area contributed by atoms with Crippen LogP contribution in [0.5, 0.6) is 0 Å². The summed E-state index contributed by atoms with van der Waals surface area (Å²) in [4.78, 5) is 21.7. The van der Waals surface area contributed by atoms with Gasteiger partial charge in [0.05, 0.1) is 11.8 Å². The molecule has 88 valence electrons. The Balaban J connectivity index is 4.37. The summed E-state index contributed by atoms with van der Waals surface area (Å²) in [5.41, 5.74) is 0. The first kappa shape index (κ1) is 13.9. The van der Waals surface area contributed by atoms with Gasteiger partial charge in [-0.25, -0.2) is 0 Å². The van der Waals surface area contributed by atoms with Gasteiger partial charge in [-0.3, -0.25) is 9.59 Å². The van der Waals surface area contributed by atoms with E-state index >= 15 is 0 Å². The summed E-state index contributed by atoms with van der Waals surface area (Å²) in [6, 6.07) is 0. The lowest BCUT2D eigenvalue weighted by atomic mass is 9.83. The SMILES string of the molecule is CCC(CC(C)C(CC)C(=O)O)C(=O)O. The predicted octanol–water partition coefficient (Wildman–Crippen LogP) is 2.23. The van der Waals surface area contributed by atoms with E-state index in [0.29, 0.717) is 19.3 Å². The molecule has 4 heteroatoms. The van der Waals surface area contributed by atoms with Crippen molar-refractivity contribution in [2.24, 2.45) is 17.8 Å². The first-order valence-electron chi connectivity index (χ1n) is 5.39. The highest BCUT2D eigenvalue weighted by Crippen LogP contribution is 2.25. The van der Waals surface area contributed by atoms with Crippen LogP contribution in [0.4, 0.5) is 0 Å². The normalized spacial score (nSPS) is 16.7. The Labute approximate surface area is 90.3 Å². The van der Waals surface area contributed by atoms with Gasteiger partial charge in [0, 0.05) is 0 Å². The number of rotatable bonds is 7. The zero-order valence-corrected chi connectivity index (χ0v) is 9.56. The van der Waals surface area contributed by atoms with Crippen molar-refractivity contribution in [2.75, 3.05) is 0 Å². The maximum absolute atomic E-state index is 10.9. The van der Waals surface area contributed by atoms with Crippen molar-refractivity contribution in [2.45, 2.75) is 40.0 Å². The molecule has 0 radical (unpaired) electrons. The van der Waals surface area contributed by atoms with Gasteiger partial charge in [0.15, 0.2) is 0 Å². The number of aliphatic carboxylic acids is 2. The van der Waals surface area contributed by atoms with Crippen molar-refractivity contribution in [3.05, 3.63) is 0 Å². The molecule has 0 bridgehead atoms. The smallest absolute Gasteiger partial charge is 0.306 e. The second kappa shape index (κ2) is 6.43. The molecule has 0 aromatic heterocycles. The zero-order valence-electron chi connectivity index (χ0n) is 9.56. The molecule has 0 rings (SSSR count). The minimum Gasteiger partial charge on any atom is -0.481 e. The summed E-state index contributed by atoms with van der Waals surface area (Å²) in [5.74, 6) is -2.60. The number of carboxylic acid groups (broad SMARTS) is 2. The van der Waals surface area contributed by atoms with Crippen LogP contribution in [-0.4, -0.2) is 22.2 Å². The van der Waals surface area contributed by atoms with Gasteiger partial charge in [0.1, 0.15) is 0 Å². The molecule has 0 aromatic carbocycles. The van der Waals surface area contributed by atoms with Crippen LogP contribution in [0, 0.1) is 17.8 Å². The number of carboxylic acids is 2. The van der Waals surface area contributed by atoms with E-state index in [0.717, 1.165) is 0 Å². The molecule has 0 heterocycles. The Bertz CT molecular complexity index is 225. The third-order valence-corrected chi connectivity index (χ3v) is 2.94. The summed E-state index contributed by atoms with van der Waals surface area (Å²) < 4.78 is 0. The monoisotopic (exact) mass is 216 g/mol. The van der Waals surface area contributed by atoms with Crippen LogP contribution in [-0.2, 0) is 9.59 Å². The van der Waals surface area contributed by atoms with Crippen molar-refractivity contribution in [1.82, 2.24) is 0 Å². The average Bonchev–Trinajstić information content (AvgIpc) is 2.14. The topological polar surface area (TPSA) is 74.6 Å². The van der Waals surface area contributed by atoms with Gasteiger partial charge in [-0.05, 0) is 25.2 Å². The van der Waals surface area contributed by atoms with Crippen LogP contribution >= 0.6 is 0 Å². The second-order valence-electron chi connectivity index (χ2n) is 4.01. The molecule has 0 aliphatic carbocycles. The maximum Gasteiger partial charge on any atom is 0.306 e. The first-order valence-corrected chi connectivity index (χ1v) is 5.39. The molecule has 3 unspecified atom stereocenters. The molecule has 0 amide bonds. The van der Waals surface area contributed by atoms with Gasteiger partial charge in [0.2, 0.25) is 0 Å². The summed E-state index contributed by atoms with van der Waals surface area (Å²) in [5, 5.41) is 17.8. The number of hydrogen-bond acceptors (Lipinski definition) is 2. The van der Waals surface area contributed by atoms with Gasteiger partial charge in [-0.15, -0.1) is 0 Å². The fraction of sp³-hybridized carbons (Fsp3) is 0.818. The Kier molecular flexibility index (Phi) is 5.97. The molecular formula is C11H20O4. The Hall–Kier alpha value is -1.06. The highest BCUT2D eigenvalue weighted by atomic mass is 16.4. The summed E-state index contributed by atoms with van der Waals surface area (Å²) >= 11 is 0. The maximum atomic E-state index is 10.9. The molecule has 0 fully saturated rings. The van der Waals surface area contributed by atoms with E-state index in [9.17, 15) is 9.59 Å². The van der Waals surface area contributed by atoms with Crippen LogP contribution in [0.2, 0.25) is 0 Å². The van der Waals surface area contributed by atoms with Crippen LogP contribution in [0.25, 0.3) is 0 Å². The fourth-order valence-corrected chi connectivity index (χ4v) is 1.88. The van der Waals surface area contributed by atoms with Crippen molar-refractivity contribution in [1.29, 1.82) is 0 Å². The average molecular weight is 216 g/mol. The highest BCUT2D eigenvalue weighted by Gasteiger charge is 2.27. The molecule has 0 saturated heterocycles. The van der Waals surface area contributed by atoms with Crippen molar-refractivity contribution in [3.63, 3.8) is 0 Å². The van der Waals surface area contributed by atoms with Gasteiger partial charge in [-0.1, -0.05) is 20.8 Å². The van der Waals surface area contributed by atoms with Gasteiger partial charge in [-0.2, -0.15) is 0 Å². The molecule has 15 heavy (non-hydrogen) atoms. The van der Waals surface area contributed by atoms with Crippen LogP contribution in [0.3, 0.4) is 0 Å². The molecule has 3 atom stereocenters. The van der Waals surface area contributed by atoms with E-state index in [4.69, 9.17) is 10.2 Å². The van der Waals surface area contributed by atoms with E-state index in [-0.39, 0.29) is 5.92 Å². The van der Waals surface area contributed by atoms with Gasteiger partial charge in [0.25, 0.3) is 0 Å². The molecule has 0 saturated carbocycles. The van der Waals surface area contributed by atoms with Crippen LogP contribution < -0.4 is 0 Å². The Morgan fingerprint density at radius 1 is 1.07 bits per heavy atom. The van der Waals surface area contributed by atoms with Crippen LogP contribution in [0.15, 0.2) is 0 Å². The summed E-state index contributed by atoms with van der Waals surface area (Å²) in [7, 11) is 0. The number of carbonyl (C=O) groups is 2. The molecule has 4 nitrogen and oxygen atoms in total. The molecule has 2 N–H and O–H groups in total. The minimum atomic E-state index is -0.829. The quantitative estimate of drug-likeness (QED) is 0.684. The predicted molar refractivity (Wildman–Crippen MR) is 56.6 cm³/mol. The van der Waals surface area contributed by atoms with E-state index in [1.165, 1.54) is 0 Å². The molecule has 0 aromatic rings.